The number of rotatable bonds is 5. The SMILES string of the molecule is CCc1cc(CC)n(C(C(=O)NN)c2ccccc2)n1. The molecule has 20 heavy (non-hydrogen) atoms. The zero-order chi connectivity index (χ0) is 14.5. The molecule has 1 unspecified atom stereocenters. The highest BCUT2D eigenvalue weighted by Crippen LogP contribution is 2.21. The van der Waals surface area contributed by atoms with Gasteiger partial charge in [0.2, 0.25) is 0 Å². The molecule has 1 aromatic heterocycles. The molecule has 0 aliphatic carbocycles. The molecule has 1 aromatic carbocycles. The van der Waals surface area contributed by atoms with Crippen LogP contribution in [0, 0.1) is 0 Å². The van der Waals surface area contributed by atoms with Gasteiger partial charge >= 0.3 is 0 Å². The number of nitrogens with zero attached hydrogens (tertiary/aromatic N) is 2. The minimum atomic E-state index is -0.531. The normalized spacial score (nSPS) is 12.2. The second kappa shape index (κ2) is 6.34. The zero-order valence-electron chi connectivity index (χ0n) is 11.8. The summed E-state index contributed by atoms with van der Waals surface area (Å²) >= 11 is 0. The second-order valence-electron chi connectivity index (χ2n) is 4.60. The highest BCUT2D eigenvalue weighted by molar-refractivity contribution is 5.83. The second-order valence-corrected chi connectivity index (χ2v) is 4.60. The van der Waals surface area contributed by atoms with E-state index in [-0.39, 0.29) is 5.91 Å². The largest absolute Gasteiger partial charge is 0.292 e. The van der Waals surface area contributed by atoms with Gasteiger partial charge < -0.3 is 0 Å². The van der Waals surface area contributed by atoms with Crippen LogP contribution in [0.2, 0.25) is 0 Å². The molecule has 5 nitrogen and oxygen atoms in total. The standard InChI is InChI=1S/C15H20N4O/c1-3-12-10-13(4-2)19(18-12)14(15(20)17-16)11-8-6-5-7-9-11/h5-10,14H,3-4,16H2,1-2H3,(H,17,20). The third-order valence-corrected chi connectivity index (χ3v) is 3.34. The topological polar surface area (TPSA) is 72.9 Å². The van der Waals surface area contributed by atoms with Crippen LogP contribution in [0.5, 0.6) is 0 Å². The summed E-state index contributed by atoms with van der Waals surface area (Å²) in [4.78, 5) is 12.2. The first-order chi connectivity index (χ1) is 9.71. The van der Waals surface area contributed by atoms with E-state index in [1.54, 1.807) is 4.68 Å². The molecule has 0 bridgehead atoms. The number of carbonyl (C=O) groups excluding carboxylic acids is 1. The summed E-state index contributed by atoms with van der Waals surface area (Å²) in [7, 11) is 0. The van der Waals surface area contributed by atoms with Crippen molar-refractivity contribution in [1.82, 2.24) is 15.2 Å². The molecule has 0 radical (unpaired) electrons. The Kier molecular flexibility index (Phi) is 4.53. The van der Waals surface area contributed by atoms with Gasteiger partial charge in [-0.05, 0) is 24.5 Å². The van der Waals surface area contributed by atoms with Crippen LogP contribution in [0.3, 0.4) is 0 Å². The maximum atomic E-state index is 12.2. The number of hydrazine groups is 1. The molecule has 0 fully saturated rings. The van der Waals surface area contributed by atoms with Gasteiger partial charge in [0.25, 0.3) is 5.91 Å². The average molecular weight is 272 g/mol. The molecule has 1 heterocycles. The van der Waals surface area contributed by atoms with E-state index >= 15 is 0 Å². The minimum absolute atomic E-state index is 0.267. The Bertz CT molecular complexity index is 577. The molecule has 0 saturated carbocycles. The molecule has 1 atom stereocenters. The fourth-order valence-corrected chi connectivity index (χ4v) is 2.27. The molecule has 106 valence electrons. The first-order valence-corrected chi connectivity index (χ1v) is 6.83. The molecule has 0 saturated heterocycles. The first-order valence-electron chi connectivity index (χ1n) is 6.83. The van der Waals surface area contributed by atoms with E-state index < -0.39 is 6.04 Å². The quantitative estimate of drug-likeness (QED) is 0.493. The Balaban J connectivity index is 2.52. The van der Waals surface area contributed by atoms with Crippen molar-refractivity contribution in [2.75, 3.05) is 0 Å². The van der Waals surface area contributed by atoms with E-state index in [0.717, 1.165) is 29.8 Å². The van der Waals surface area contributed by atoms with Crippen molar-refractivity contribution >= 4 is 5.91 Å². The van der Waals surface area contributed by atoms with Gasteiger partial charge in [-0.2, -0.15) is 5.10 Å². The fourth-order valence-electron chi connectivity index (χ4n) is 2.27. The minimum Gasteiger partial charge on any atom is -0.292 e. The zero-order valence-corrected chi connectivity index (χ0v) is 11.8. The number of nitrogens with one attached hydrogen (secondary N) is 1. The fraction of sp³-hybridized carbons (Fsp3) is 0.333. The molecule has 3 N–H and O–H groups in total. The monoisotopic (exact) mass is 272 g/mol. The van der Waals surface area contributed by atoms with Crippen LogP contribution in [0.1, 0.15) is 36.8 Å². The van der Waals surface area contributed by atoms with E-state index in [1.165, 1.54) is 0 Å². The highest BCUT2D eigenvalue weighted by Gasteiger charge is 2.24. The summed E-state index contributed by atoms with van der Waals surface area (Å²) < 4.78 is 1.77. The average Bonchev–Trinajstić information content (AvgIpc) is 2.91. The maximum Gasteiger partial charge on any atom is 0.263 e. The van der Waals surface area contributed by atoms with E-state index in [0.29, 0.717) is 0 Å². The molecule has 5 heteroatoms. The number of nitrogens with two attached hydrogens (primary N) is 1. The first kappa shape index (κ1) is 14.3. The molecule has 0 spiro atoms. The van der Waals surface area contributed by atoms with Crippen LogP contribution >= 0.6 is 0 Å². The van der Waals surface area contributed by atoms with Crippen molar-refractivity contribution < 1.29 is 4.79 Å². The molecule has 2 rings (SSSR count). The number of aromatic nitrogens is 2. The van der Waals surface area contributed by atoms with Crippen molar-refractivity contribution in [2.45, 2.75) is 32.7 Å². The van der Waals surface area contributed by atoms with Crippen LogP contribution in [-0.4, -0.2) is 15.7 Å². The summed E-state index contributed by atoms with van der Waals surface area (Å²) in [6, 6.07) is 11.1. The van der Waals surface area contributed by atoms with E-state index in [2.05, 4.69) is 17.4 Å². The molecule has 1 amide bonds. The van der Waals surface area contributed by atoms with Gasteiger partial charge in [0, 0.05) is 5.69 Å². The van der Waals surface area contributed by atoms with Gasteiger partial charge in [-0.1, -0.05) is 44.2 Å². The van der Waals surface area contributed by atoms with Crippen LogP contribution in [0.15, 0.2) is 36.4 Å². The van der Waals surface area contributed by atoms with Crippen LogP contribution in [-0.2, 0) is 17.6 Å². The van der Waals surface area contributed by atoms with E-state index in [4.69, 9.17) is 5.84 Å². The predicted octanol–water partition coefficient (Wildman–Crippen LogP) is 1.59. The Morgan fingerprint density at radius 2 is 2.00 bits per heavy atom. The number of hydrogen-bond acceptors (Lipinski definition) is 3. The Hall–Kier alpha value is -2.14. The van der Waals surface area contributed by atoms with Gasteiger partial charge in [0.05, 0.1) is 5.69 Å². The summed E-state index contributed by atoms with van der Waals surface area (Å²) in [6.45, 7) is 4.10. The smallest absolute Gasteiger partial charge is 0.263 e. The van der Waals surface area contributed by atoms with E-state index in [1.807, 2.05) is 43.3 Å². The van der Waals surface area contributed by atoms with Gasteiger partial charge in [0.1, 0.15) is 0 Å². The summed E-state index contributed by atoms with van der Waals surface area (Å²) in [5.41, 5.74) is 5.12. The lowest BCUT2D eigenvalue weighted by Crippen LogP contribution is -2.38. The van der Waals surface area contributed by atoms with Crippen molar-refractivity contribution in [1.29, 1.82) is 0 Å². The molecule has 0 aliphatic heterocycles. The number of carbonyl (C=O) groups is 1. The van der Waals surface area contributed by atoms with Crippen LogP contribution in [0.4, 0.5) is 0 Å². The predicted molar refractivity (Wildman–Crippen MR) is 77.9 cm³/mol. The number of hydrogen-bond donors (Lipinski definition) is 2. The number of amides is 1. The number of benzene rings is 1. The van der Waals surface area contributed by atoms with Gasteiger partial charge in [-0.3, -0.25) is 14.9 Å². The third kappa shape index (κ3) is 2.72. The van der Waals surface area contributed by atoms with Gasteiger partial charge in [-0.15, -0.1) is 0 Å². The van der Waals surface area contributed by atoms with Crippen LogP contribution in [0.25, 0.3) is 0 Å². The summed E-state index contributed by atoms with van der Waals surface area (Å²) in [5.74, 6) is 5.07. The van der Waals surface area contributed by atoms with Crippen molar-refractivity contribution in [3.8, 4) is 0 Å². The summed E-state index contributed by atoms with van der Waals surface area (Å²) in [5, 5.41) is 4.55. The Morgan fingerprint density at radius 3 is 2.55 bits per heavy atom. The van der Waals surface area contributed by atoms with E-state index in [9.17, 15) is 4.79 Å². The van der Waals surface area contributed by atoms with Gasteiger partial charge in [-0.25, -0.2) is 5.84 Å². The van der Waals surface area contributed by atoms with Gasteiger partial charge in [0.15, 0.2) is 6.04 Å². The molecular weight excluding hydrogens is 252 g/mol. The lowest BCUT2D eigenvalue weighted by atomic mass is 10.1. The highest BCUT2D eigenvalue weighted by atomic mass is 16.2. The number of aryl methyl sites for hydroxylation is 2. The molecular formula is C15H20N4O. The van der Waals surface area contributed by atoms with Crippen molar-refractivity contribution in [3.05, 3.63) is 53.3 Å². The Morgan fingerprint density at radius 1 is 1.30 bits per heavy atom. The Labute approximate surface area is 118 Å². The van der Waals surface area contributed by atoms with Crippen molar-refractivity contribution in [3.63, 3.8) is 0 Å². The van der Waals surface area contributed by atoms with Crippen LogP contribution < -0.4 is 11.3 Å². The molecule has 2 aromatic rings. The maximum absolute atomic E-state index is 12.2. The lowest BCUT2D eigenvalue weighted by Gasteiger charge is -2.18. The third-order valence-electron chi connectivity index (χ3n) is 3.34. The molecule has 0 aliphatic rings. The summed E-state index contributed by atoms with van der Waals surface area (Å²) in [6.07, 6.45) is 1.65. The lowest BCUT2D eigenvalue weighted by molar-refractivity contribution is -0.123. The van der Waals surface area contributed by atoms with Crippen molar-refractivity contribution in [2.24, 2.45) is 5.84 Å².